The first-order chi connectivity index (χ1) is 11.7. The van der Waals surface area contributed by atoms with Crippen molar-refractivity contribution in [3.8, 4) is 0 Å². The lowest BCUT2D eigenvalue weighted by molar-refractivity contribution is 0.332. The molecule has 2 aromatic rings. The largest absolute Gasteiger partial charge is 0.392 e. The van der Waals surface area contributed by atoms with Crippen LogP contribution >= 0.6 is 15.9 Å². The molecule has 1 aliphatic carbocycles. The van der Waals surface area contributed by atoms with Crippen LogP contribution in [-0.2, 0) is 10.8 Å². The molecular weight excluding hydrogens is 372 g/mol. The maximum absolute atomic E-state index is 9.87. The lowest BCUT2D eigenvalue weighted by atomic mass is 9.63. The highest BCUT2D eigenvalue weighted by Crippen LogP contribution is 2.46. The van der Waals surface area contributed by atoms with Crippen molar-refractivity contribution in [2.45, 2.75) is 51.4 Å². The fraction of sp³-hybridized carbons (Fsp3) is 0.391. The summed E-state index contributed by atoms with van der Waals surface area (Å²) in [6.45, 7) is 9.41. The highest BCUT2D eigenvalue weighted by molar-refractivity contribution is 9.10. The topological polar surface area (TPSA) is 20.2 Å². The van der Waals surface area contributed by atoms with E-state index in [1.807, 2.05) is 24.3 Å². The van der Waals surface area contributed by atoms with E-state index < -0.39 is 0 Å². The van der Waals surface area contributed by atoms with Gasteiger partial charge in [-0.2, -0.15) is 0 Å². The van der Waals surface area contributed by atoms with Crippen molar-refractivity contribution in [2.75, 3.05) is 6.61 Å². The molecule has 1 N–H and O–H groups in total. The zero-order chi connectivity index (χ0) is 18.2. The minimum absolute atomic E-state index is 0.0302. The average molecular weight is 399 g/mol. The van der Waals surface area contributed by atoms with Crippen molar-refractivity contribution in [1.82, 2.24) is 0 Å². The van der Waals surface area contributed by atoms with Gasteiger partial charge in [-0.3, -0.25) is 0 Å². The lowest BCUT2D eigenvalue weighted by Crippen LogP contribution is -2.33. The van der Waals surface area contributed by atoms with Gasteiger partial charge >= 0.3 is 0 Å². The van der Waals surface area contributed by atoms with E-state index in [1.54, 1.807) is 0 Å². The molecule has 0 bridgehead atoms. The minimum Gasteiger partial charge on any atom is -0.392 e. The third-order valence-electron chi connectivity index (χ3n) is 5.58. The smallest absolute Gasteiger partial charge is 0.0687 e. The van der Waals surface area contributed by atoms with Crippen molar-refractivity contribution in [3.63, 3.8) is 0 Å². The number of rotatable bonds is 3. The Morgan fingerprint density at radius 1 is 1.00 bits per heavy atom. The SMILES string of the molecule is CC1(C)CCC(C)(C)c2cc(/C=C(\CO)c3cccc(Br)c3)ccc21. The summed E-state index contributed by atoms with van der Waals surface area (Å²) in [6, 6.07) is 14.9. The second kappa shape index (κ2) is 6.74. The number of fused-ring (bicyclic) bond motifs is 1. The third kappa shape index (κ3) is 3.75. The molecule has 132 valence electrons. The minimum atomic E-state index is 0.0302. The molecule has 0 heterocycles. The van der Waals surface area contributed by atoms with E-state index in [2.05, 4.69) is 67.9 Å². The monoisotopic (exact) mass is 398 g/mol. The van der Waals surface area contributed by atoms with Crippen molar-refractivity contribution < 1.29 is 5.11 Å². The summed E-state index contributed by atoms with van der Waals surface area (Å²) in [4.78, 5) is 0. The zero-order valence-electron chi connectivity index (χ0n) is 15.6. The van der Waals surface area contributed by atoms with Crippen LogP contribution < -0.4 is 0 Å². The Morgan fingerprint density at radius 3 is 2.32 bits per heavy atom. The summed E-state index contributed by atoms with van der Waals surface area (Å²) in [6.07, 6.45) is 4.54. The Labute approximate surface area is 159 Å². The predicted octanol–water partition coefficient (Wildman–Crippen LogP) is 6.33. The lowest BCUT2D eigenvalue weighted by Gasteiger charge is -2.42. The maximum Gasteiger partial charge on any atom is 0.0687 e. The molecule has 0 saturated heterocycles. The predicted molar refractivity (Wildman–Crippen MR) is 111 cm³/mol. The number of hydrogen-bond acceptors (Lipinski definition) is 1. The van der Waals surface area contributed by atoms with Crippen LogP contribution in [0.3, 0.4) is 0 Å². The molecule has 0 radical (unpaired) electrons. The van der Waals surface area contributed by atoms with Crippen LogP contribution in [0.5, 0.6) is 0 Å². The van der Waals surface area contributed by atoms with E-state index in [9.17, 15) is 5.11 Å². The van der Waals surface area contributed by atoms with Crippen LogP contribution in [-0.4, -0.2) is 11.7 Å². The second-order valence-corrected chi connectivity index (χ2v) is 9.33. The van der Waals surface area contributed by atoms with Gasteiger partial charge in [-0.05, 0) is 69.7 Å². The molecule has 3 rings (SSSR count). The second-order valence-electron chi connectivity index (χ2n) is 8.41. The summed E-state index contributed by atoms with van der Waals surface area (Å²) < 4.78 is 1.03. The van der Waals surface area contributed by atoms with Crippen LogP contribution in [0.1, 0.15) is 62.8 Å². The quantitative estimate of drug-likeness (QED) is 0.598. The van der Waals surface area contributed by atoms with Crippen molar-refractivity contribution in [3.05, 3.63) is 69.2 Å². The van der Waals surface area contributed by atoms with Crippen LogP contribution in [0, 0.1) is 0 Å². The van der Waals surface area contributed by atoms with E-state index in [1.165, 1.54) is 24.0 Å². The number of aliphatic hydroxyl groups is 1. The number of benzene rings is 2. The molecule has 2 heteroatoms. The highest BCUT2D eigenvalue weighted by Gasteiger charge is 2.36. The first-order valence-corrected chi connectivity index (χ1v) is 9.75. The van der Waals surface area contributed by atoms with Crippen molar-refractivity contribution in [1.29, 1.82) is 0 Å². The Hall–Kier alpha value is -1.38. The zero-order valence-corrected chi connectivity index (χ0v) is 17.2. The Balaban J connectivity index is 2.07. The van der Waals surface area contributed by atoms with Gasteiger partial charge in [-0.15, -0.1) is 0 Å². The van der Waals surface area contributed by atoms with Crippen molar-refractivity contribution >= 4 is 27.6 Å². The molecule has 0 unspecified atom stereocenters. The van der Waals surface area contributed by atoms with Gasteiger partial charge < -0.3 is 5.11 Å². The van der Waals surface area contributed by atoms with Gasteiger partial charge in [0.1, 0.15) is 0 Å². The van der Waals surface area contributed by atoms with Gasteiger partial charge in [0.2, 0.25) is 0 Å². The fourth-order valence-corrected chi connectivity index (χ4v) is 4.20. The van der Waals surface area contributed by atoms with E-state index in [0.717, 1.165) is 21.2 Å². The van der Waals surface area contributed by atoms with Gasteiger partial charge in [-0.25, -0.2) is 0 Å². The fourth-order valence-electron chi connectivity index (χ4n) is 3.81. The molecule has 0 atom stereocenters. The summed E-state index contributed by atoms with van der Waals surface area (Å²) in [5.41, 5.74) is 6.50. The molecule has 1 aliphatic rings. The van der Waals surface area contributed by atoms with Gasteiger partial charge in [0, 0.05) is 4.47 Å². The van der Waals surface area contributed by atoms with Gasteiger partial charge in [0.15, 0.2) is 0 Å². The van der Waals surface area contributed by atoms with Crippen LogP contribution in [0.15, 0.2) is 46.9 Å². The molecule has 0 fully saturated rings. The van der Waals surface area contributed by atoms with Crippen LogP contribution in [0.25, 0.3) is 11.6 Å². The molecule has 2 aromatic carbocycles. The van der Waals surface area contributed by atoms with Gasteiger partial charge in [-0.1, -0.05) is 74.0 Å². The normalized spacial score (nSPS) is 18.7. The average Bonchev–Trinajstić information content (AvgIpc) is 2.57. The van der Waals surface area contributed by atoms with E-state index in [-0.39, 0.29) is 17.4 Å². The van der Waals surface area contributed by atoms with E-state index in [0.29, 0.717) is 0 Å². The van der Waals surface area contributed by atoms with Gasteiger partial charge in [0.05, 0.1) is 6.61 Å². The third-order valence-corrected chi connectivity index (χ3v) is 6.08. The van der Waals surface area contributed by atoms with Gasteiger partial charge in [0.25, 0.3) is 0 Å². The molecule has 0 aliphatic heterocycles. The number of halogens is 1. The summed E-state index contributed by atoms with van der Waals surface area (Å²) >= 11 is 3.51. The maximum atomic E-state index is 9.87. The molecule has 0 saturated carbocycles. The molecule has 0 spiro atoms. The number of aliphatic hydroxyl groups excluding tert-OH is 1. The molecule has 0 amide bonds. The van der Waals surface area contributed by atoms with Crippen LogP contribution in [0.2, 0.25) is 0 Å². The first kappa shape index (κ1) is 18.4. The van der Waals surface area contributed by atoms with E-state index >= 15 is 0 Å². The molecular formula is C23H27BrO. The number of hydrogen-bond donors (Lipinski definition) is 1. The van der Waals surface area contributed by atoms with Crippen LogP contribution in [0.4, 0.5) is 0 Å². The molecule has 1 nitrogen and oxygen atoms in total. The highest BCUT2D eigenvalue weighted by atomic mass is 79.9. The first-order valence-electron chi connectivity index (χ1n) is 8.95. The molecule has 25 heavy (non-hydrogen) atoms. The Bertz CT molecular complexity index is 815. The Kier molecular flexibility index (Phi) is 4.96. The van der Waals surface area contributed by atoms with E-state index in [4.69, 9.17) is 0 Å². The standard InChI is InChI=1S/C23H27BrO/c1-22(2)10-11-23(3,4)21-13-16(8-9-20(21)22)12-18(15-25)17-6-5-7-19(24)14-17/h5-9,12-14,25H,10-11,15H2,1-4H3/b18-12+. The summed E-state index contributed by atoms with van der Waals surface area (Å²) in [5.74, 6) is 0. The van der Waals surface area contributed by atoms with Crippen molar-refractivity contribution in [2.24, 2.45) is 0 Å². The summed E-state index contributed by atoms with van der Waals surface area (Å²) in [5, 5.41) is 9.87. The molecule has 0 aromatic heterocycles. The summed E-state index contributed by atoms with van der Waals surface area (Å²) in [7, 11) is 0. The Morgan fingerprint density at radius 2 is 1.68 bits per heavy atom.